The number of aromatic nitrogens is 1. The number of ether oxygens (including phenoxy) is 1. The van der Waals surface area contributed by atoms with Crippen LogP contribution in [0.25, 0.3) is 0 Å². The van der Waals surface area contributed by atoms with Crippen molar-refractivity contribution in [2.45, 2.75) is 32.2 Å². The average molecular weight is 461 g/mol. The number of hydrogen-bond donors (Lipinski definition) is 1. The van der Waals surface area contributed by atoms with Gasteiger partial charge >= 0.3 is 5.97 Å². The highest BCUT2D eigenvalue weighted by Crippen LogP contribution is 2.26. The van der Waals surface area contributed by atoms with E-state index in [1.807, 2.05) is 19.9 Å². The minimum Gasteiger partial charge on any atom is -0.454 e. The molecule has 2 heterocycles. The lowest BCUT2D eigenvalue weighted by Gasteiger charge is -2.24. The second-order valence-corrected chi connectivity index (χ2v) is 8.16. The summed E-state index contributed by atoms with van der Waals surface area (Å²) >= 11 is 0. The highest BCUT2D eigenvalue weighted by Gasteiger charge is 2.43. The van der Waals surface area contributed by atoms with Crippen LogP contribution in [-0.2, 0) is 20.7 Å². The average Bonchev–Trinajstić information content (AvgIpc) is 3.40. The van der Waals surface area contributed by atoms with Crippen molar-refractivity contribution in [3.05, 3.63) is 83.0 Å². The Balaban J connectivity index is 1.49. The van der Waals surface area contributed by atoms with Gasteiger partial charge in [-0.1, -0.05) is 61.5 Å². The largest absolute Gasteiger partial charge is 0.454 e. The van der Waals surface area contributed by atoms with Gasteiger partial charge in [0.2, 0.25) is 5.88 Å². The van der Waals surface area contributed by atoms with E-state index < -0.39 is 36.3 Å². The molecule has 1 aromatic heterocycles. The summed E-state index contributed by atoms with van der Waals surface area (Å²) in [7, 11) is 0. The van der Waals surface area contributed by atoms with Crippen molar-refractivity contribution in [3.8, 4) is 0 Å². The maximum atomic E-state index is 13.0. The molecule has 34 heavy (non-hydrogen) atoms. The van der Waals surface area contributed by atoms with Crippen molar-refractivity contribution in [1.82, 2.24) is 10.1 Å². The summed E-state index contributed by atoms with van der Waals surface area (Å²) in [4.78, 5) is 52.2. The second-order valence-electron chi connectivity index (χ2n) is 8.16. The van der Waals surface area contributed by atoms with Crippen LogP contribution >= 0.6 is 0 Å². The molecule has 9 nitrogen and oxygen atoms in total. The van der Waals surface area contributed by atoms with Gasteiger partial charge < -0.3 is 9.26 Å². The molecule has 4 rings (SSSR count). The van der Waals surface area contributed by atoms with Gasteiger partial charge in [-0.2, -0.15) is 0 Å². The summed E-state index contributed by atoms with van der Waals surface area (Å²) in [6, 6.07) is 15.7. The van der Waals surface area contributed by atoms with Gasteiger partial charge in [0.05, 0.1) is 16.8 Å². The highest BCUT2D eigenvalue weighted by molar-refractivity contribution is 6.22. The minimum atomic E-state index is -1.24. The highest BCUT2D eigenvalue weighted by atomic mass is 16.5. The zero-order chi connectivity index (χ0) is 24.2. The van der Waals surface area contributed by atoms with E-state index in [9.17, 15) is 19.2 Å². The first kappa shape index (κ1) is 22.9. The van der Waals surface area contributed by atoms with Crippen LogP contribution in [-0.4, -0.2) is 46.4 Å². The Kier molecular flexibility index (Phi) is 6.53. The minimum absolute atomic E-state index is 0.0482. The Morgan fingerprint density at radius 1 is 1.00 bits per heavy atom. The Bertz CT molecular complexity index is 1200. The van der Waals surface area contributed by atoms with Crippen LogP contribution in [0.15, 0.2) is 65.2 Å². The summed E-state index contributed by atoms with van der Waals surface area (Å²) < 4.78 is 10.3. The lowest BCUT2D eigenvalue weighted by atomic mass is 10.0. The molecule has 0 radical (unpaired) electrons. The van der Waals surface area contributed by atoms with Gasteiger partial charge in [-0.05, 0) is 23.6 Å². The molecule has 3 aromatic rings. The molecule has 9 heteroatoms. The molecule has 0 saturated carbocycles. The first-order valence-electron chi connectivity index (χ1n) is 10.8. The smallest absolute Gasteiger partial charge is 0.330 e. The van der Waals surface area contributed by atoms with Crippen LogP contribution in [0.1, 0.15) is 51.7 Å². The Labute approximate surface area is 195 Å². The fraction of sp³-hybridized carbons (Fsp3) is 0.240. The first-order chi connectivity index (χ1) is 16.3. The Hall–Kier alpha value is -4.27. The number of benzene rings is 2. The molecule has 1 N–H and O–H groups in total. The van der Waals surface area contributed by atoms with Crippen molar-refractivity contribution in [2.24, 2.45) is 0 Å². The molecule has 0 spiro atoms. The lowest BCUT2D eigenvalue weighted by molar-refractivity contribution is -0.151. The Morgan fingerprint density at radius 3 is 2.21 bits per heavy atom. The number of esters is 1. The van der Waals surface area contributed by atoms with E-state index in [-0.39, 0.29) is 29.3 Å². The summed E-state index contributed by atoms with van der Waals surface area (Å²) in [6.45, 7) is 3.24. The number of carbonyl (C=O) groups excluding carboxylic acids is 4. The number of hydrogen-bond acceptors (Lipinski definition) is 7. The van der Waals surface area contributed by atoms with E-state index >= 15 is 0 Å². The van der Waals surface area contributed by atoms with Gasteiger partial charge in [-0.15, -0.1) is 0 Å². The maximum Gasteiger partial charge on any atom is 0.330 e. The van der Waals surface area contributed by atoms with Gasteiger partial charge in [0, 0.05) is 12.5 Å². The van der Waals surface area contributed by atoms with Crippen LogP contribution in [0.3, 0.4) is 0 Å². The van der Waals surface area contributed by atoms with Crippen LogP contribution in [0.2, 0.25) is 0 Å². The van der Waals surface area contributed by atoms with Gasteiger partial charge in [0.15, 0.2) is 6.61 Å². The van der Waals surface area contributed by atoms with Crippen molar-refractivity contribution in [1.29, 1.82) is 0 Å². The number of anilines is 1. The molecule has 1 unspecified atom stereocenters. The number of fused-ring (bicyclic) bond motifs is 1. The van der Waals surface area contributed by atoms with E-state index in [4.69, 9.17) is 9.26 Å². The van der Waals surface area contributed by atoms with Gasteiger partial charge in [-0.3, -0.25) is 24.6 Å². The molecular formula is C25H23N3O6. The first-order valence-corrected chi connectivity index (χ1v) is 10.8. The van der Waals surface area contributed by atoms with Crippen LogP contribution < -0.4 is 5.32 Å². The molecule has 3 amide bonds. The number of rotatable bonds is 8. The maximum absolute atomic E-state index is 13.0. The second kappa shape index (κ2) is 9.70. The molecular weight excluding hydrogens is 438 g/mol. The summed E-state index contributed by atoms with van der Waals surface area (Å²) in [6.07, 6.45) is 0.0482. The van der Waals surface area contributed by atoms with E-state index in [0.29, 0.717) is 5.69 Å². The third-order valence-electron chi connectivity index (χ3n) is 5.41. The normalized spacial score (nSPS) is 13.7. The third-order valence-corrected chi connectivity index (χ3v) is 5.41. The molecule has 0 aliphatic carbocycles. The summed E-state index contributed by atoms with van der Waals surface area (Å²) in [5.74, 6) is -2.41. The van der Waals surface area contributed by atoms with Gasteiger partial charge in [0.1, 0.15) is 6.04 Å². The molecule has 0 fully saturated rings. The summed E-state index contributed by atoms with van der Waals surface area (Å²) in [5.41, 5.74) is 1.85. The summed E-state index contributed by atoms with van der Waals surface area (Å²) in [5, 5.41) is 6.32. The van der Waals surface area contributed by atoms with Gasteiger partial charge in [-0.25, -0.2) is 4.79 Å². The molecule has 1 aliphatic heterocycles. The van der Waals surface area contributed by atoms with E-state index in [1.165, 1.54) is 12.1 Å². The molecule has 174 valence electrons. The predicted molar refractivity (Wildman–Crippen MR) is 121 cm³/mol. The third kappa shape index (κ3) is 4.73. The van der Waals surface area contributed by atoms with Crippen molar-refractivity contribution >= 4 is 29.6 Å². The zero-order valence-electron chi connectivity index (χ0n) is 18.7. The molecule has 1 aliphatic rings. The number of nitrogens with zero attached hydrogens (tertiary/aromatic N) is 2. The standard InChI is InChI=1S/C25H23N3O6/c1-15(2)19-13-22(34-27-19)26-21(29)14-33-25(32)20(12-16-8-4-3-5-9-16)28-23(30)17-10-6-7-11-18(17)24(28)31/h3-11,13,15,20H,12,14H2,1-2H3,(H,26,29). The number of imide groups is 1. The van der Waals surface area contributed by atoms with Crippen LogP contribution in [0.5, 0.6) is 0 Å². The van der Waals surface area contributed by atoms with E-state index in [1.54, 1.807) is 42.5 Å². The molecule has 2 aromatic carbocycles. The van der Waals surface area contributed by atoms with E-state index in [0.717, 1.165) is 10.5 Å². The molecule has 0 bridgehead atoms. The van der Waals surface area contributed by atoms with Crippen LogP contribution in [0.4, 0.5) is 5.88 Å². The fourth-order valence-corrected chi connectivity index (χ4v) is 3.63. The van der Waals surface area contributed by atoms with Crippen LogP contribution in [0, 0.1) is 0 Å². The SMILES string of the molecule is CC(C)c1cc(NC(=O)COC(=O)C(Cc2ccccc2)N2C(=O)c3ccccc3C2=O)on1. The van der Waals surface area contributed by atoms with Crippen molar-refractivity contribution in [3.63, 3.8) is 0 Å². The number of amides is 3. The zero-order valence-corrected chi connectivity index (χ0v) is 18.7. The van der Waals surface area contributed by atoms with Gasteiger partial charge in [0.25, 0.3) is 17.7 Å². The number of nitrogens with one attached hydrogen (secondary N) is 1. The topological polar surface area (TPSA) is 119 Å². The van der Waals surface area contributed by atoms with Crippen molar-refractivity contribution < 1.29 is 28.4 Å². The predicted octanol–water partition coefficient (Wildman–Crippen LogP) is 3.19. The quantitative estimate of drug-likeness (QED) is 0.404. The number of carbonyl (C=O) groups is 4. The Morgan fingerprint density at radius 2 is 1.62 bits per heavy atom. The fourth-order valence-electron chi connectivity index (χ4n) is 3.63. The lowest BCUT2D eigenvalue weighted by Crippen LogP contribution is -2.47. The van der Waals surface area contributed by atoms with Crippen molar-refractivity contribution in [2.75, 3.05) is 11.9 Å². The molecule has 0 saturated heterocycles. The molecule has 1 atom stereocenters. The monoisotopic (exact) mass is 461 g/mol. The van der Waals surface area contributed by atoms with E-state index in [2.05, 4.69) is 10.5 Å².